The van der Waals surface area contributed by atoms with E-state index in [1.54, 1.807) is 29.2 Å². The largest absolute Gasteiger partial charge is 0.374 e. The molecule has 126 valence electrons. The average molecular weight is 337 g/mol. The smallest absolute Gasteiger partial charge is 0.269 e. The number of carbonyl (C=O) groups excluding carboxylic acids is 1. The molecule has 2 aromatic carbocycles. The predicted molar refractivity (Wildman–Crippen MR) is 92.6 cm³/mol. The highest BCUT2D eigenvalue weighted by Gasteiger charge is 2.52. The van der Waals surface area contributed by atoms with Crippen molar-refractivity contribution in [1.82, 2.24) is 0 Å². The van der Waals surface area contributed by atoms with E-state index in [1.165, 1.54) is 12.1 Å². The fourth-order valence-electron chi connectivity index (χ4n) is 3.35. The minimum absolute atomic E-state index is 0.0133. The van der Waals surface area contributed by atoms with Crippen LogP contribution in [0.4, 0.5) is 17.1 Å². The topological polar surface area (TPSA) is 96.0 Å². The first-order chi connectivity index (χ1) is 11.9. The molecule has 0 spiro atoms. The Balaban J connectivity index is 1.79. The van der Waals surface area contributed by atoms with Crippen LogP contribution in [0.25, 0.3) is 0 Å². The number of hydrogen-bond donors (Lipinski definition) is 1. The Hall–Kier alpha value is -3.06. The van der Waals surface area contributed by atoms with Crippen LogP contribution in [0.3, 0.4) is 0 Å². The van der Waals surface area contributed by atoms with Gasteiger partial charge < -0.3 is 10.0 Å². The number of aliphatic imine (C=N–C) groups is 1. The van der Waals surface area contributed by atoms with Gasteiger partial charge in [0.05, 0.1) is 10.6 Å². The Kier molecular flexibility index (Phi) is 3.23. The quantitative estimate of drug-likeness (QED) is 0.671. The van der Waals surface area contributed by atoms with E-state index in [4.69, 9.17) is 0 Å². The zero-order valence-corrected chi connectivity index (χ0v) is 13.5. The van der Waals surface area contributed by atoms with Crippen LogP contribution < -0.4 is 4.90 Å². The van der Waals surface area contributed by atoms with Crippen LogP contribution in [-0.2, 0) is 0 Å². The van der Waals surface area contributed by atoms with Crippen LogP contribution in [0.5, 0.6) is 0 Å². The van der Waals surface area contributed by atoms with Gasteiger partial charge in [0, 0.05) is 36.3 Å². The summed E-state index contributed by atoms with van der Waals surface area (Å²) in [6.07, 6.45) is 0.231. The Bertz CT molecular complexity index is 936. The van der Waals surface area contributed by atoms with Crippen molar-refractivity contribution in [3.8, 4) is 0 Å². The predicted octanol–water partition coefficient (Wildman–Crippen LogP) is 2.77. The number of rotatable bonds is 2. The van der Waals surface area contributed by atoms with E-state index in [-0.39, 0.29) is 23.7 Å². The minimum atomic E-state index is -1.65. The van der Waals surface area contributed by atoms with Crippen molar-refractivity contribution in [1.29, 1.82) is 0 Å². The number of anilines is 1. The van der Waals surface area contributed by atoms with Crippen LogP contribution in [0.1, 0.15) is 22.3 Å². The number of aliphatic hydroxyl groups is 1. The lowest BCUT2D eigenvalue weighted by atomic mass is 9.87. The standard InChI is InChI=1S/C18H15N3O4/c1-11-2-7-15-14(10-11)16(22)18(23)8-9-20(17(18)19-15)12-3-5-13(6-4-12)21(24)25/h2-7,10,23H,8-9H2,1H3. The molecule has 2 heterocycles. The van der Waals surface area contributed by atoms with Gasteiger partial charge >= 0.3 is 0 Å². The molecule has 2 aliphatic heterocycles. The number of ketones is 1. The van der Waals surface area contributed by atoms with E-state index in [2.05, 4.69) is 4.99 Å². The lowest BCUT2D eigenvalue weighted by Crippen LogP contribution is -2.48. The summed E-state index contributed by atoms with van der Waals surface area (Å²) < 4.78 is 0. The second-order valence-corrected chi connectivity index (χ2v) is 6.32. The maximum atomic E-state index is 12.8. The van der Waals surface area contributed by atoms with Gasteiger partial charge in [-0.25, -0.2) is 4.99 Å². The van der Waals surface area contributed by atoms with E-state index in [1.807, 2.05) is 13.0 Å². The third-order valence-corrected chi connectivity index (χ3v) is 4.69. The zero-order valence-electron chi connectivity index (χ0n) is 13.5. The van der Waals surface area contributed by atoms with Gasteiger partial charge in [-0.1, -0.05) is 11.6 Å². The molecular formula is C18H15N3O4. The van der Waals surface area contributed by atoms with Gasteiger partial charge in [0.2, 0.25) is 5.78 Å². The monoisotopic (exact) mass is 337 g/mol. The first-order valence-electron chi connectivity index (χ1n) is 7.89. The van der Waals surface area contributed by atoms with Crippen molar-refractivity contribution in [2.75, 3.05) is 11.4 Å². The van der Waals surface area contributed by atoms with Crippen molar-refractivity contribution in [3.63, 3.8) is 0 Å². The lowest BCUT2D eigenvalue weighted by molar-refractivity contribution is -0.384. The van der Waals surface area contributed by atoms with E-state index in [0.29, 0.717) is 23.5 Å². The number of aryl methyl sites for hydroxylation is 1. The summed E-state index contributed by atoms with van der Waals surface area (Å²) in [6.45, 7) is 2.29. The molecule has 1 N–H and O–H groups in total. The normalized spacial score (nSPS) is 21.6. The molecule has 0 amide bonds. The van der Waals surface area contributed by atoms with Crippen molar-refractivity contribution in [2.24, 2.45) is 4.99 Å². The average Bonchev–Trinajstić information content (AvgIpc) is 2.94. The highest BCUT2D eigenvalue weighted by molar-refractivity contribution is 6.28. The molecule has 0 radical (unpaired) electrons. The Labute approximate surface area is 143 Å². The molecule has 7 heteroatoms. The molecule has 25 heavy (non-hydrogen) atoms. The first-order valence-corrected chi connectivity index (χ1v) is 7.89. The molecule has 4 rings (SSSR count). The summed E-state index contributed by atoms with van der Waals surface area (Å²) in [6, 6.07) is 11.4. The van der Waals surface area contributed by atoms with E-state index in [9.17, 15) is 20.0 Å². The number of Topliss-reactive ketones (excluding diaryl/α,β-unsaturated/α-hetero) is 1. The van der Waals surface area contributed by atoms with Gasteiger partial charge in [0.1, 0.15) is 5.84 Å². The molecular weight excluding hydrogens is 322 g/mol. The molecule has 2 aromatic rings. The number of carbonyl (C=O) groups is 1. The van der Waals surface area contributed by atoms with Crippen LogP contribution in [0, 0.1) is 17.0 Å². The van der Waals surface area contributed by atoms with Crippen molar-refractivity contribution in [3.05, 3.63) is 63.7 Å². The molecule has 1 atom stereocenters. The SMILES string of the molecule is Cc1ccc2c(c1)C(=O)C1(O)CCN(c3ccc([N+](=O)[O-])cc3)C1=N2. The van der Waals surface area contributed by atoms with Crippen LogP contribution in [0.2, 0.25) is 0 Å². The van der Waals surface area contributed by atoms with Gasteiger partial charge in [-0.05, 0) is 31.2 Å². The molecule has 7 nitrogen and oxygen atoms in total. The number of amidine groups is 1. The Morgan fingerprint density at radius 1 is 1.24 bits per heavy atom. The lowest BCUT2D eigenvalue weighted by Gasteiger charge is -2.29. The molecule has 0 aromatic heterocycles. The summed E-state index contributed by atoms with van der Waals surface area (Å²) in [5.74, 6) is -0.0664. The van der Waals surface area contributed by atoms with Crippen molar-refractivity contribution < 1.29 is 14.8 Å². The van der Waals surface area contributed by atoms with E-state index >= 15 is 0 Å². The van der Waals surface area contributed by atoms with Crippen LogP contribution in [-0.4, -0.2) is 33.8 Å². The summed E-state index contributed by atoms with van der Waals surface area (Å²) in [7, 11) is 0. The van der Waals surface area contributed by atoms with Crippen LogP contribution in [0.15, 0.2) is 47.5 Å². The minimum Gasteiger partial charge on any atom is -0.374 e. The molecule has 1 saturated heterocycles. The first kappa shape index (κ1) is 15.5. The molecule has 2 aliphatic rings. The Morgan fingerprint density at radius 3 is 2.64 bits per heavy atom. The Morgan fingerprint density at radius 2 is 1.96 bits per heavy atom. The third-order valence-electron chi connectivity index (χ3n) is 4.69. The fraction of sp³-hybridized carbons (Fsp3) is 0.222. The highest BCUT2D eigenvalue weighted by atomic mass is 16.6. The fourth-order valence-corrected chi connectivity index (χ4v) is 3.35. The number of fused-ring (bicyclic) bond motifs is 2. The number of nitrogens with zero attached hydrogens (tertiary/aromatic N) is 3. The van der Waals surface area contributed by atoms with Gasteiger partial charge in [-0.3, -0.25) is 14.9 Å². The van der Waals surface area contributed by atoms with E-state index < -0.39 is 10.5 Å². The maximum absolute atomic E-state index is 12.8. The molecule has 0 saturated carbocycles. The summed E-state index contributed by atoms with van der Waals surface area (Å²) >= 11 is 0. The molecule has 0 aliphatic carbocycles. The number of hydrogen-bond acceptors (Lipinski definition) is 6. The molecule has 0 bridgehead atoms. The number of non-ortho nitro benzene ring substituents is 1. The van der Waals surface area contributed by atoms with Crippen LogP contribution >= 0.6 is 0 Å². The van der Waals surface area contributed by atoms with Gasteiger partial charge in [0.25, 0.3) is 5.69 Å². The van der Waals surface area contributed by atoms with Crippen molar-refractivity contribution in [2.45, 2.75) is 18.9 Å². The third kappa shape index (κ3) is 2.24. The van der Waals surface area contributed by atoms with Gasteiger partial charge in [0.15, 0.2) is 5.60 Å². The summed E-state index contributed by atoms with van der Waals surface area (Å²) in [4.78, 5) is 29.4. The summed E-state index contributed by atoms with van der Waals surface area (Å²) in [5.41, 5.74) is 0.882. The number of nitro benzene ring substituents is 1. The van der Waals surface area contributed by atoms with Gasteiger partial charge in [-0.15, -0.1) is 0 Å². The van der Waals surface area contributed by atoms with Gasteiger partial charge in [-0.2, -0.15) is 0 Å². The maximum Gasteiger partial charge on any atom is 0.269 e. The molecule has 1 unspecified atom stereocenters. The number of nitro groups is 1. The van der Waals surface area contributed by atoms with E-state index in [0.717, 1.165) is 5.56 Å². The summed E-state index contributed by atoms with van der Waals surface area (Å²) in [5, 5.41) is 21.8. The second kappa shape index (κ2) is 5.22. The second-order valence-electron chi connectivity index (χ2n) is 6.32. The van der Waals surface area contributed by atoms with Crippen molar-refractivity contribution >= 4 is 28.7 Å². The molecule has 1 fully saturated rings. The number of benzene rings is 2. The highest BCUT2D eigenvalue weighted by Crippen LogP contribution is 2.39. The zero-order chi connectivity index (χ0) is 17.8.